The van der Waals surface area contributed by atoms with Crippen LogP contribution in [0.2, 0.25) is 0 Å². The van der Waals surface area contributed by atoms with Gasteiger partial charge in [0.25, 0.3) is 0 Å². The van der Waals surface area contributed by atoms with Crippen LogP contribution in [0.4, 0.5) is 33.7 Å². The standard InChI is InChI=1S/C20H14F4N6O/c1-11-6-13(2-4-15(11)21)27-19(31)28-14-3-5-16-17(7-14)29-18(9-25-16)12-8-26-30(10-12)20(22,23)24/h2-10H,1H3,(H2,27,28,31). The second-order valence-electron chi connectivity index (χ2n) is 6.64. The molecule has 2 heterocycles. The highest BCUT2D eigenvalue weighted by Crippen LogP contribution is 2.26. The molecule has 0 radical (unpaired) electrons. The molecular weight excluding hydrogens is 416 g/mol. The Kier molecular flexibility index (Phi) is 5.01. The molecule has 0 aliphatic carbocycles. The van der Waals surface area contributed by atoms with Gasteiger partial charge in [0.1, 0.15) is 5.82 Å². The Morgan fingerprint density at radius 3 is 2.39 bits per heavy atom. The molecule has 2 aromatic carbocycles. The quantitative estimate of drug-likeness (QED) is 0.445. The number of carbonyl (C=O) groups is 1. The highest BCUT2D eigenvalue weighted by molar-refractivity contribution is 6.00. The predicted octanol–water partition coefficient (Wildman–Crippen LogP) is 5.06. The summed E-state index contributed by atoms with van der Waals surface area (Å²) in [5, 5.41) is 8.50. The molecule has 0 atom stereocenters. The van der Waals surface area contributed by atoms with Gasteiger partial charge in [-0.3, -0.25) is 4.98 Å². The second kappa shape index (κ2) is 7.67. The van der Waals surface area contributed by atoms with Gasteiger partial charge in [-0.25, -0.2) is 14.2 Å². The first-order valence-electron chi connectivity index (χ1n) is 8.92. The maximum absolute atomic E-state index is 13.3. The molecule has 2 amide bonds. The lowest BCUT2D eigenvalue weighted by Gasteiger charge is -2.09. The summed E-state index contributed by atoms with van der Waals surface area (Å²) >= 11 is 0. The molecule has 11 heteroatoms. The van der Waals surface area contributed by atoms with E-state index < -0.39 is 12.3 Å². The van der Waals surface area contributed by atoms with Crippen LogP contribution in [0, 0.1) is 12.7 Å². The molecule has 2 aromatic heterocycles. The Morgan fingerprint density at radius 2 is 1.71 bits per heavy atom. The Hall–Kier alpha value is -4.02. The van der Waals surface area contributed by atoms with Crippen LogP contribution >= 0.6 is 0 Å². The minimum atomic E-state index is -4.63. The van der Waals surface area contributed by atoms with Crippen LogP contribution in [-0.4, -0.2) is 25.8 Å². The molecule has 4 rings (SSSR count). The van der Waals surface area contributed by atoms with Crippen LogP contribution < -0.4 is 10.6 Å². The Bertz CT molecular complexity index is 1280. The van der Waals surface area contributed by atoms with Crippen LogP contribution in [0.5, 0.6) is 0 Å². The highest BCUT2D eigenvalue weighted by Gasteiger charge is 2.31. The zero-order valence-corrected chi connectivity index (χ0v) is 15.9. The Balaban J connectivity index is 1.54. The number of carbonyl (C=O) groups excluding carboxylic acids is 1. The van der Waals surface area contributed by atoms with Crippen LogP contribution in [-0.2, 0) is 6.30 Å². The summed E-state index contributed by atoms with van der Waals surface area (Å²) in [6.07, 6.45) is -1.42. The van der Waals surface area contributed by atoms with Crippen LogP contribution in [0.15, 0.2) is 55.0 Å². The number of nitrogens with one attached hydrogen (secondary N) is 2. The molecule has 2 N–H and O–H groups in total. The van der Waals surface area contributed by atoms with Gasteiger partial charge < -0.3 is 10.6 Å². The zero-order valence-electron chi connectivity index (χ0n) is 15.9. The van der Waals surface area contributed by atoms with E-state index in [1.807, 2.05) is 0 Å². The fraction of sp³-hybridized carbons (Fsp3) is 0.100. The van der Waals surface area contributed by atoms with E-state index in [0.717, 1.165) is 12.4 Å². The Morgan fingerprint density at radius 1 is 1.00 bits per heavy atom. The molecular formula is C20H14F4N6O. The van der Waals surface area contributed by atoms with Gasteiger partial charge in [0.15, 0.2) is 0 Å². The molecule has 158 valence electrons. The summed E-state index contributed by atoms with van der Waals surface area (Å²) in [4.78, 5) is 20.7. The summed E-state index contributed by atoms with van der Waals surface area (Å²) in [6.45, 7) is 1.58. The van der Waals surface area contributed by atoms with Crippen molar-refractivity contribution in [1.82, 2.24) is 19.7 Å². The van der Waals surface area contributed by atoms with Crippen LogP contribution in [0.3, 0.4) is 0 Å². The zero-order chi connectivity index (χ0) is 22.2. The van der Waals surface area contributed by atoms with Crippen molar-refractivity contribution in [2.24, 2.45) is 0 Å². The molecule has 0 fully saturated rings. The van der Waals surface area contributed by atoms with Gasteiger partial charge in [-0.05, 0) is 48.9 Å². The topological polar surface area (TPSA) is 84.7 Å². The fourth-order valence-corrected chi connectivity index (χ4v) is 2.84. The minimum absolute atomic E-state index is 0.117. The highest BCUT2D eigenvalue weighted by atomic mass is 19.4. The average Bonchev–Trinajstić information content (AvgIpc) is 3.21. The number of urea groups is 1. The predicted molar refractivity (Wildman–Crippen MR) is 106 cm³/mol. The maximum atomic E-state index is 13.3. The van der Waals surface area contributed by atoms with Gasteiger partial charge in [0, 0.05) is 23.1 Å². The van der Waals surface area contributed by atoms with Gasteiger partial charge in [-0.1, -0.05) is 0 Å². The molecule has 0 aliphatic rings. The van der Waals surface area contributed by atoms with Crippen molar-refractivity contribution in [3.8, 4) is 11.3 Å². The third kappa shape index (κ3) is 4.44. The summed E-state index contributed by atoms with van der Waals surface area (Å²) < 4.78 is 51.5. The van der Waals surface area contributed by atoms with Gasteiger partial charge in [0.05, 0.1) is 29.1 Å². The number of hydrogen-bond acceptors (Lipinski definition) is 4. The number of anilines is 2. The number of hydrogen-bond donors (Lipinski definition) is 2. The van der Waals surface area contributed by atoms with E-state index in [9.17, 15) is 22.4 Å². The second-order valence-corrected chi connectivity index (χ2v) is 6.64. The number of amides is 2. The smallest absolute Gasteiger partial charge is 0.308 e. The molecule has 0 unspecified atom stereocenters. The lowest BCUT2D eigenvalue weighted by Crippen LogP contribution is -2.19. The monoisotopic (exact) mass is 430 g/mol. The van der Waals surface area contributed by atoms with E-state index in [0.29, 0.717) is 28.0 Å². The van der Waals surface area contributed by atoms with Gasteiger partial charge in [-0.15, -0.1) is 13.2 Å². The minimum Gasteiger partial charge on any atom is -0.308 e. The normalized spacial score (nSPS) is 11.5. The van der Waals surface area contributed by atoms with Crippen molar-refractivity contribution in [2.75, 3.05) is 10.6 Å². The van der Waals surface area contributed by atoms with Crippen molar-refractivity contribution >= 4 is 28.4 Å². The first-order valence-corrected chi connectivity index (χ1v) is 8.92. The van der Waals surface area contributed by atoms with Gasteiger partial charge >= 0.3 is 12.3 Å². The molecule has 7 nitrogen and oxygen atoms in total. The summed E-state index contributed by atoms with van der Waals surface area (Å²) in [5.74, 6) is -0.379. The van der Waals surface area contributed by atoms with E-state index in [1.165, 1.54) is 30.5 Å². The summed E-state index contributed by atoms with van der Waals surface area (Å²) in [7, 11) is 0. The average molecular weight is 430 g/mol. The molecule has 0 spiro atoms. The number of alkyl halides is 3. The van der Waals surface area contributed by atoms with Crippen molar-refractivity contribution in [3.05, 3.63) is 66.4 Å². The van der Waals surface area contributed by atoms with E-state index in [2.05, 4.69) is 25.7 Å². The van der Waals surface area contributed by atoms with Gasteiger partial charge in [0.2, 0.25) is 0 Å². The molecule has 0 bridgehead atoms. The van der Waals surface area contributed by atoms with E-state index >= 15 is 0 Å². The lowest BCUT2D eigenvalue weighted by molar-refractivity contribution is -0.212. The molecule has 0 saturated carbocycles. The van der Waals surface area contributed by atoms with E-state index in [-0.39, 0.29) is 21.8 Å². The molecule has 31 heavy (non-hydrogen) atoms. The van der Waals surface area contributed by atoms with Crippen LogP contribution in [0.25, 0.3) is 22.3 Å². The first kappa shape index (κ1) is 20.3. The van der Waals surface area contributed by atoms with Gasteiger partial charge in [-0.2, -0.15) is 9.78 Å². The number of aryl methyl sites for hydroxylation is 1. The summed E-state index contributed by atoms with van der Waals surface area (Å²) in [5.41, 5.74) is 2.41. The largest absolute Gasteiger partial charge is 0.504 e. The third-order valence-electron chi connectivity index (χ3n) is 4.35. The lowest BCUT2D eigenvalue weighted by atomic mass is 10.2. The number of benzene rings is 2. The van der Waals surface area contributed by atoms with Crippen molar-refractivity contribution < 1.29 is 22.4 Å². The van der Waals surface area contributed by atoms with Crippen molar-refractivity contribution in [3.63, 3.8) is 0 Å². The Labute approximate surface area is 172 Å². The van der Waals surface area contributed by atoms with Crippen molar-refractivity contribution in [2.45, 2.75) is 13.2 Å². The number of aromatic nitrogens is 4. The SMILES string of the molecule is Cc1cc(NC(=O)Nc2ccc3ncc(-c4cnn(C(F)(F)F)c4)nc3c2)ccc1F. The van der Waals surface area contributed by atoms with E-state index in [1.54, 1.807) is 19.1 Å². The fourth-order valence-electron chi connectivity index (χ4n) is 2.84. The maximum Gasteiger partial charge on any atom is 0.504 e. The third-order valence-corrected chi connectivity index (χ3v) is 4.35. The molecule has 0 aliphatic heterocycles. The first-order chi connectivity index (χ1) is 14.7. The summed E-state index contributed by atoms with van der Waals surface area (Å²) in [6, 6.07) is 8.38. The number of nitrogens with zero attached hydrogens (tertiary/aromatic N) is 4. The number of rotatable bonds is 3. The molecule has 0 saturated heterocycles. The van der Waals surface area contributed by atoms with E-state index in [4.69, 9.17) is 0 Å². The number of fused-ring (bicyclic) bond motifs is 1. The molecule has 4 aromatic rings. The van der Waals surface area contributed by atoms with Crippen molar-refractivity contribution in [1.29, 1.82) is 0 Å². The van der Waals surface area contributed by atoms with Crippen LogP contribution in [0.1, 0.15) is 5.56 Å². The number of halogens is 4.